The second-order valence-corrected chi connectivity index (χ2v) is 6.65. The summed E-state index contributed by atoms with van der Waals surface area (Å²) in [5.41, 5.74) is 3.81. The van der Waals surface area contributed by atoms with E-state index in [-0.39, 0.29) is 12.5 Å². The van der Waals surface area contributed by atoms with Gasteiger partial charge in [0, 0.05) is 26.2 Å². The molecule has 0 saturated carbocycles. The van der Waals surface area contributed by atoms with Gasteiger partial charge >= 0.3 is 0 Å². The predicted molar refractivity (Wildman–Crippen MR) is 93.3 cm³/mol. The summed E-state index contributed by atoms with van der Waals surface area (Å²) in [5, 5.41) is 8.77. The highest BCUT2D eigenvalue weighted by molar-refractivity contribution is 5.79. The van der Waals surface area contributed by atoms with Gasteiger partial charge in [-0.05, 0) is 49.9 Å². The molecule has 0 atom stereocenters. The lowest BCUT2D eigenvalue weighted by Gasteiger charge is -2.34. The highest BCUT2D eigenvalue weighted by atomic mass is 16.2. The molecular weight excluding hydrogens is 288 g/mol. The van der Waals surface area contributed by atoms with Crippen LogP contribution in [0.1, 0.15) is 42.4 Å². The molecule has 0 aromatic heterocycles. The molecule has 1 aliphatic heterocycles. The molecule has 2 rings (SSSR count). The number of carbonyl (C=O) groups excluding carboxylic acids is 1. The minimum Gasteiger partial charge on any atom is -0.396 e. The van der Waals surface area contributed by atoms with E-state index in [1.807, 2.05) is 4.90 Å². The van der Waals surface area contributed by atoms with Gasteiger partial charge in [-0.25, -0.2) is 0 Å². The molecule has 128 valence electrons. The average molecular weight is 318 g/mol. The summed E-state index contributed by atoms with van der Waals surface area (Å²) in [6, 6.07) is 6.46. The minimum atomic E-state index is 0.241. The maximum absolute atomic E-state index is 12.3. The number of aryl methyl sites for hydroxylation is 2. The van der Waals surface area contributed by atoms with E-state index in [1.165, 1.54) is 16.7 Å². The first-order chi connectivity index (χ1) is 11.1. The molecule has 1 amide bonds. The van der Waals surface area contributed by atoms with Crippen molar-refractivity contribution < 1.29 is 9.90 Å². The average Bonchev–Trinajstić information content (AvgIpc) is 2.53. The van der Waals surface area contributed by atoms with Gasteiger partial charge in [0.1, 0.15) is 0 Å². The Kier molecular flexibility index (Phi) is 7.06. The zero-order chi connectivity index (χ0) is 16.7. The third-order valence-electron chi connectivity index (χ3n) is 4.72. The van der Waals surface area contributed by atoms with E-state index in [9.17, 15) is 4.79 Å². The van der Waals surface area contributed by atoms with Gasteiger partial charge in [0.05, 0.1) is 6.54 Å². The van der Waals surface area contributed by atoms with Gasteiger partial charge in [0.25, 0.3) is 0 Å². The number of carbonyl (C=O) groups is 1. The second kappa shape index (κ2) is 9.04. The van der Waals surface area contributed by atoms with Crippen molar-refractivity contribution in [2.75, 3.05) is 32.8 Å². The Morgan fingerprint density at radius 2 is 1.83 bits per heavy atom. The Hall–Kier alpha value is -1.39. The maximum atomic E-state index is 12.3. The van der Waals surface area contributed by atoms with E-state index >= 15 is 0 Å². The molecule has 1 aromatic carbocycles. The smallest absolute Gasteiger partial charge is 0.237 e. The Morgan fingerprint density at radius 3 is 2.52 bits per heavy atom. The first-order valence-corrected chi connectivity index (χ1v) is 8.77. The molecule has 1 aromatic rings. The van der Waals surface area contributed by atoms with Gasteiger partial charge in [-0.3, -0.25) is 9.69 Å². The van der Waals surface area contributed by atoms with Crippen molar-refractivity contribution in [1.29, 1.82) is 0 Å². The number of rotatable bonds is 8. The zero-order valence-corrected chi connectivity index (χ0v) is 14.6. The highest BCUT2D eigenvalue weighted by Gasteiger charge is 2.23. The molecule has 0 aliphatic carbocycles. The number of amides is 1. The van der Waals surface area contributed by atoms with Crippen LogP contribution in [0, 0.1) is 13.8 Å². The Morgan fingerprint density at radius 1 is 1.04 bits per heavy atom. The van der Waals surface area contributed by atoms with Crippen LogP contribution >= 0.6 is 0 Å². The predicted octanol–water partition coefficient (Wildman–Crippen LogP) is 2.50. The van der Waals surface area contributed by atoms with Crippen LogP contribution in [-0.2, 0) is 11.3 Å². The van der Waals surface area contributed by atoms with Crippen molar-refractivity contribution in [3.05, 3.63) is 34.9 Å². The molecule has 1 saturated heterocycles. The van der Waals surface area contributed by atoms with Crippen molar-refractivity contribution >= 4 is 5.91 Å². The number of piperazine rings is 1. The summed E-state index contributed by atoms with van der Waals surface area (Å²) < 4.78 is 0. The lowest BCUT2D eigenvalue weighted by molar-refractivity contribution is -0.136. The molecule has 1 N–H and O–H groups in total. The number of unbranched alkanes of at least 4 members (excludes halogenated alkanes) is 3. The van der Waals surface area contributed by atoms with Gasteiger partial charge < -0.3 is 10.0 Å². The van der Waals surface area contributed by atoms with Gasteiger partial charge in [0.2, 0.25) is 5.91 Å². The summed E-state index contributed by atoms with van der Waals surface area (Å²) in [7, 11) is 0. The first-order valence-electron chi connectivity index (χ1n) is 8.77. The number of aliphatic hydroxyl groups is 1. The molecule has 1 aliphatic rings. The molecule has 23 heavy (non-hydrogen) atoms. The summed E-state index contributed by atoms with van der Waals surface area (Å²) in [6.07, 6.45) is 4.22. The van der Waals surface area contributed by atoms with Crippen LogP contribution in [0.25, 0.3) is 0 Å². The van der Waals surface area contributed by atoms with Crippen LogP contribution in [0.4, 0.5) is 0 Å². The van der Waals surface area contributed by atoms with Crippen molar-refractivity contribution in [2.24, 2.45) is 0 Å². The fraction of sp³-hybridized carbons (Fsp3) is 0.632. The van der Waals surface area contributed by atoms with Crippen molar-refractivity contribution in [3.63, 3.8) is 0 Å². The number of hydrogen-bond donors (Lipinski definition) is 1. The summed E-state index contributed by atoms with van der Waals surface area (Å²) >= 11 is 0. The molecule has 4 nitrogen and oxygen atoms in total. The standard InChI is InChI=1S/C19H30N2O2/c1-16-7-8-18(13-17(16)2)14-21-11-10-20(15-19(21)23)9-5-3-4-6-12-22/h7-8,13,22H,3-6,9-12,14-15H2,1-2H3. The van der Waals surface area contributed by atoms with Crippen LogP contribution in [-0.4, -0.2) is 53.6 Å². The van der Waals surface area contributed by atoms with E-state index in [2.05, 4.69) is 36.9 Å². The van der Waals surface area contributed by atoms with Gasteiger partial charge in [-0.15, -0.1) is 0 Å². The van der Waals surface area contributed by atoms with Crippen molar-refractivity contribution in [2.45, 2.75) is 46.1 Å². The quantitative estimate of drug-likeness (QED) is 0.749. The SMILES string of the molecule is Cc1ccc(CN2CCN(CCCCCCO)CC2=O)cc1C. The van der Waals surface area contributed by atoms with E-state index in [4.69, 9.17) is 5.11 Å². The van der Waals surface area contributed by atoms with Crippen LogP contribution in [0.3, 0.4) is 0 Å². The Labute approximate surface area is 140 Å². The van der Waals surface area contributed by atoms with E-state index in [0.29, 0.717) is 6.54 Å². The van der Waals surface area contributed by atoms with E-state index in [0.717, 1.165) is 51.9 Å². The molecule has 1 fully saturated rings. The van der Waals surface area contributed by atoms with Crippen LogP contribution < -0.4 is 0 Å². The Balaban J connectivity index is 1.75. The van der Waals surface area contributed by atoms with Crippen LogP contribution in [0.15, 0.2) is 18.2 Å². The second-order valence-electron chi connectivity index (χ2n) is 6.65. The molecule has 0 spiro atoms. The number of hydrogen-bond acceptors (Lipinski definition) is 3. The lowest BCUT2D eigenvalue weighted by Crippen LogP contribution is -2.50. The van der Waals surface area contributed by atoms with Crippen LogP contribution in [0.2, 0.25) is 0 Å². The molecule has 0 bridgehead atoms. The molecular formula is C19H30N2O2. The van der Waals surface area contributed by atoms with Crippen LogP contribution in [0.5, 0.6) is 0 Å². The molecule has 0 radical (unpaired) electrons. The lowest BCUT2D eigenvalue weighted by atomic mass is 10.1. The van der Waals surface area contributed by atoms with Crippen molar-refractivity contribution in [1.82, 2.24) is 9.80 Å². The first kappa shape index (κ1) is 18.0. The van der Waals surface area contributed by atoms with Gasteiger partial charge in [-0.2, -0.15) is 0 Å². The van der Waals surface area contributed by atoms with Gasteiger partial charge in [0.15, 0.2) is 0 Å². The maximum Gasteiger partial charge on any atom is 0.237 e. The van der Waals surface area contributed by atoms with E-state index < -0.39 is 0 Å². The molecule has 0 unspecified atom stereocenters. The monoisotopic (exact) mass is 318 g/mol. The van der Waals surface area contributed by atoms with E-state index in [1.54, 1.807) is 0 Å². The topological polar surface area (TPSA) is 43.8 Å². The number of aliphatic hydroxyl groups excluding tert-OH is 1. The fourth-order valence-electron chi connectivity index (χ4n) is 3.04. The highest BCUT2D eigenvalue weighted by Crippen LogP contribution is 2.14. The fourth-order valence-corrected chi connectivity index (χ4v) is 3.04. The third-order valence-corrected chi connectivity index (χ3v) is 4.72. The summed E-state index contributed by atoms with van der Waals surface area (Å²) in [5.74, 6) is 0.241. The Bertz CT molecular complexity index is 516. The molecule has 1 heterocycles. The van der Waals surface area contributed by atoms with Crippen molar-refractivity contribution in [3.8, 4) is 0 Å². The summed E-state index contributed by atoms with van der Waals surface area (Å²) in [6.45, 7) is 8.58. The number of benzene rings is 1. The zero-order valence-electron chi connectivity index (χ0n) is 14.6. The number of nitrogens with zero attached hydrogens (tertiary/aromatic N) is 2. The summed E-state index contributed by atoms with van der Waals surface area (Å²) in [4.78, 5) is 16.6. The largest absolute Gasteiger partial charge is 0.396 e. The normalized spacial score (nSPS) is 16.1. The minimum absolute atomic E-state index is 0.241. The molecule has 4 heteroatoms. The van der Waals surface area contributed by atoms with Gasteiger partial charge in [-0.1, -0.05) is 31.0 Å². The third kappa shape index (κ3) is 5.63.